The molecule has 0 radical (unpaired) electrons. The third-order valence-electron chi connectivity index (χ3n) is 2.08. The molecule has 0 aromatic carbocycles. The molecule has 0 aromatic heterocycles. The molecule has 0 spiro atoms. The first kappa shape index (κ1) is 12.8. The van der Waals surface area contributed by atoms with Gasteiger partial charge in [-0.05, 0) is 5.92 Å². The van der Waals surface area contributed by atoms with Crippen molar-refractivity contribution in [2.75, 3.05) is 0 Å². The van der Waals surface area contributed by atoms with Gasteiger partial charge in [0.1, 0.15) is 6.04 Å². The summed E-state index contributed by atoms with van der Waals surface area (Å²) >= 11 is 0. The topological polar surface area (TPSA) is 12.0 Å². The van der Waals surface area contributed by atoms with E-state index in [1.165, 1.54) is 0 Å². The van der Waals surface area contributed by atoms with Crippen LogP contribution in [0.25, 0.3) is 0 Å². The van der Waals surface area contributed by atoms with Gasteiger partial charge in [0.05, 0.1) is 0 Å². The van der Waals surface area contributed by atoms with Gasteiger partial charge in [0.2, 0.25) is 0 Å². The van der Waals surface area contributed by atoms with E-state index in [9.17, 15) is 13.2 Å². The number of hydrogen-bond acceptors (Lipinski definition) is 1. The molecule has 13 heavy (non-hydrogen) atoms. The lowest BCUT2D eigenvalue weighted by Crippen LogP contribution is -2.49. The van der Waals surface area contributed by atoms with Gasteiger partial charge in [0.15, 0.2) is 0 Å². The molecule has 0 aliphatic carbocycles. The number of alkyl halides is 3. The summed E-state index contributed by atoms with van der Waals surface area (Å²) in [6.07, 6.45) is -3.61. The highest BCUT2D eigenvalue weighted by atomic mass is 19.4. The standard InChI is InChI=1S/C9H18F3N/c1-5-7(4)8(9(10,11)12)13-6(2)3/h6-8,13H,5H2,1-4H3. The van der Waals surface area contributed by atoms with Gasteiger partial charge in [-0.25, -0.2) is 0 Å². The Morgan fingerprint density at radius 2 is 1.62 bits per heavy atom. The highest BCUT2D eigenvalue weighted by Gasteiger charge is 2.42. The van der Waals surface area contributed by atoms with Crippen molar-refractivity contribution in [3.05, 3.63) is 0 Å². The van der Waals surface area contributed by atoms with Crippen molar-refractivity contribution in [1.29, 1.82) is 0 Å². The Balaban J connectivity index is 4.37. The average Bonchev–Trinajstić information content (AvgIpc) is 1.96. The minimum Gasteiger partial charge on any atom is -0.304 e. The van der Waals surface area contributed by atoms with E-state index in [0.717, 1.165) is 0 Å². The maximum atomic E-state index is 12.5. The summed E-state index contributed by atoms with van der Waals surface area (Å²) in [5.74, 6) is -0.373. The van der Waals surface area contributed by atoms with Gasteiger partial charge in [0, 0.05) is 6.04 Å². The van der Waals surface area contributed by atoms with Crippen LogP contribution in [-0.4, -0.2) is 18.3 Å². The molecule has 1 N–H and O–H groups in total. The first-order valence-electron chi connectivity index (χ1n) is 4.61. The predicted molar refractivity (Wildman–Crippen MR) is 47.6 cm³/mol. The first-order chi connectivity index (χ1) is 5.79. The molecule has 0 saturated carbocycles. The normalized spacial score (nSPS) is 17.5. The zero-order chi connectivity index (χ0) is 10.6. The van der Waals surface area contributed by atoms with E-state index >= 15 is 0 Å². The molecule has 0 aliphatic rings. The van der Waals surface area contributed by atoms with Crippen LogP contribution in [0.15, 0.2) is 0 Å². The number of nitrogens with one attached hydrogen (secondary N) is 1. The monoisotopic (exact) mass is 197 g/mol. The fourth-order valence-electron chi connectivity index (χ4n) is 1.18. The summed E-state index contributed by atoms with van der Waals surface area (Å²) in [5, 5.41) is 2.55. The van der Waals surface area contributed by atoms with E-state index in [4.69, 9.17) is 0 Å². The molecule has 2 unspecified atom stereocenters. The molecule has 0 heterocycles. The third kappa shape index (κ3) is 4.50. The van der Waals surface area contributed by atoms with E-state index in [-0.39, 0.29) is 12.0 Å². The Kier molecular flexibility index (Phi) is 4.75. The van der Waals surface area contributed by atoms with Crippen LogP contribution in [0, 0.1) is 5.92 Å². The van der Waals surface area contributed by atoms with E-state index in [0.29, 0.717) is 6.42 Å². The van der Waals surface area contributed by atoms with Gasteiger partial charge in [-0.3, -0.25) is 0 Å². The molecule has 1 nitrogen and oxygen atoms in total. The summed E-state index contributed by atoms with van der Waals surface area (Å²) in [6, 6.07) is -1.52. The van der Waals surface area contributed by atoms with Crippen LogP contribution in [0.5, 0.6) is 0 Å². The Bertz CT molecular complexity index is 142. The molecular formula is C9H18F3N. The lowest BCUT2D eigenvalue weighted by Gasteiger charge is -2.28. The highest BCUT2D eigenvalue weighted by molar-refractivity contribution is 4.81. The van der Waals surface area contributed by atoms with Crippen LogP contribution >= 0.6 is 0 Å². The molecule has 4 heteroatoms. The van der Waals surface area contributed by atoms with Crippen molar-refractivity contribution < 1.29 is 13.2 Å². The second kappa shape index (κ2) is 4.84. The van der Waals surface area contributed by atoms with E-state index in [2.05, 4.69) is 5.32 Å². The molecule has 0 bridgehead atoms. The fraction of sp³-hybridized carbons (Fsp3) is 1.00. The first-order valence-corrected chi connectivity index (χ1v) is 4.61. The Labute approximate surface area is 77.7 Å². The Morgan fingerprint density at radius 3 is 1.85 bits per heavy atom. The van der Waals surface area contributed by atoms with Crippen LogP contribution in [-0.2, 0) is 0 Å². The minimum absolute atomic E-state index is 0.138. The molecule has 0 saturated heterocycles. The van der Waals surface area contributed by atoms with E-state index in [1.807, 2.05) is 0 Å². The quantitative estimate of drug-likeness (QED) is 0.730. The summed E-state index contributed by atoms with van der Waals surface area (Å²) in [6.45, 7) is 6.83. The molecule has 0 aliphatic heterocycles. The average molecular weight is 197 g/mol. The van der Waals surface area contributed by atoms with Crippen LogP contribution in [0.4, 0.5) is 13.2 Å². The number of halogens is 3. The lowest BCUT2D eigenvalue weighted by molar-refractivity contribution is -0.168. The predicted octanol–water partition coefficient (Wildman–Crippen LogP) is 2.96. The highest BCUT2D eigenvalue weighted by Crippen LogP contribution is 2.27. The number of hydrogen-bond donors (Lipinski definition) is 1. The smallest absolute Gasteiger partial charge is 0.304 e. The third-order valence-corrected chi connectivity index (χ3v) is 2.08. The van der Waals surface area contributed by atoms with Crippen LogP contribution in [0.1, 0.15) is 34.1 Å². The van der Waals surface area contributed by atoms with Crippen LogP contribution in [0.3, 0.4) is 0 Å². The summed E-state index contributed by atoms with van der Waals surface area (Å²) < 4.78 is 37.4. The summed E-state index contributed by atoms with van der Waals surface area (Å²) in [5.41, 5.74) is 0. The van der Waals surface area contributed by atoms with Crippen molar-refractivity contribution >= 4 is 0 Å². The van der Waals surface area contributed by atoms with Crippen molar-refractivity contribution in [1.82, 2.24) is 5.32 Å². The molecule has 2 atom stereocenters. The van der Waals surface area contributed by atoms with Gasteiger partial charge in [0.25, 0.3) is 0 Å². The molecule has 0 rings (SSSR count). The van der Waals surface area contributed by atoms with Gasteiger partial charge in [-0.1, -0.05) is 34.1 Å². The van der Waals surface area contributed by atoms with Crippen LogP contribution in [0.2, 0.25) is 0 Å². The van der Waals surface area contributed by atoms with Gasteiger partial charge in [-0.2, -0.15) is 13.2 Å². The largest absolute Gasteiger partial charge is 0.404 e. The Morgan fingerprint density at radius 1 is 1.15 bits per heavy atom. The molecule has 0 aromatic rings. The maximum Gasteiger partial charge on any atom is 0.404 e. The van der Waals surface area contributed by atoms with E-state index in [1.54, 1.807) is 27.7 Å². The van der Waals surface area contributed by atoms with Gasteiger partial charge in [-0.15, -0.1) is 0 Å². The zero-order valence-corrected chi connectivity index (χ0v) is 8.57. The van der Waals surface area contributed by atoms with Crippen molar-refractivity contribution in [2.24, 2.45) is 5.92 Å². The molecular weight excluding hydrogens is 179 g/mol. The number of rotatable bonds is 4. The van der Waals surface area contributed by atoms with Gasteiger partial charge >= 0.3 is 6.18 Å². The molecule has 80 valence electrons. The van der Waals surface area contributed by atoms with Crippen LogP contribution < -0.4 is 5.32 Å². The Hall–Kier alpha value is -0.250. The molecule has 0 fully saturated rings. The zero-order valence-electron chi connectivity index (χ0n) is 8.57. The van der Waals surface area contributed by atoms with Crippen molar-refractivity contribution in [3.63, 3.8) is 0 Å². The van der Waals surface area contributed by atoms with Gasteiger partial charge < -0.3 is 5.32 Å². The van der Waals surface area contributed by atoms with Crippen molar-refractivity contribution in [3.8, 4) is 0 Å². The summed E-state index contributed by atoms with van der Waals surface area (Å²) in [4.78, 5) is 0. The molecule has 0 amide bonds. The fourth-order valence-corrected chi connectivity index (χ4v) is 1.18. The van der Waals surface area contributed by atoms with Crippen molar-refractivity contribution in [2.45, 2.75) is 52.4 Å². The SMILES string of the molecule is CCC(C)C(NC(C)C)C(F)(F)F. The minimum atomic E-state index is -4.14. The maximum absolute atomic E-state index is 12.5. The lowest BCUT2D eigenvalue weighted by atomic mass is 9.98. The second-order valence-corrected chi connectivity index (χ2v) is 3.73. The summed E-state index contributed by atoms with van der Waals surface area (Å²) in [7, 11) is 0. The second-order valence-electron chi connectivity index (χ2n) is 3.73. The van der Waals surface area contributed by atoms with E-state index < -0.39 is 12.2 Å².